The lowest BCUT2D eigenvalue weighted by Crippen LogP contribution is -2.42. The van der Waals surface area contributed by atoms with Crippen LogP contribution in [0.5, 0.6) is 0 Å². The second-order valence-corrected chi connectivity index (χ2v) is 10.6. The van der Waals surface area contributed by atoms with Crippen molar-refractivity contribution in [3.8, 4) is 5.69 Å². The van der Waals surface area contributed by atoms with Gasteiger partial charge < -0.3 is 5.32 Å². The van der Waals surface area contributed by atoms with E-state index in [9.17, 15) is 4.79 Å². The molecule has 0 saturated carbocycles. The molecule has 1 N–H and O–H groups in total. The molecule has 0 spiro atoms. The molecule has 1 aliphatic heterocycles. The number of nitrogens with zero attached hydrogens (tertiary/aromatic N) is 3. The topological polar surface area (TPSA) is 50.2 Å². The van der Waals surface area contributed by atoms with Crippen LogP contribution in [0.2, 0.25) is 0 Å². The van der Waals surface area contributed by atoms with Crippen LogP contribution in [-0.4, -0.2) is 33.4 Å². The number of imidazole rings is 1. The Morgan fingerprint density at radius 3 is 2.65 bits per heavy atom. The van der Waals surface area contributed by atoms with Crippen LogP contribution in [0.1, 0.15) is 24.2 Å². The molecule has 1 amide bonds. The third-order valence-electron chi connectivity index (χ3n) is 6.32. The smallest absolute Gasteiger partial charge is 0.224 e. The first-order chi connectivity index (χ1) is 16.6. The van der Waals surface area contributed by atoms with Gasteiger partial charge in [-0.2, -0.15) is 0 Å². The molecule has 0 unspecified atom stereocenters. The van der Waals surface area contributed by atoms with Gasteiger partial charge in [0, 0.05) is 27.7 Å². The molecule has 1 aromatic heterocycles. The van der Waals surface area contributed by atoms with Gasteiger partial charge in [0.15, 0.2) is 0 Å². The first-order valence-corrected chi connectivity index (χ1v) is 13.1. The highest BCUT2D eigenvalue weighted by Crippen LogP contribution is 2.26. The highest BCUT2D eigenvalue weighted by atomic mass is 79.9. The number of carbonyl (C=O) groups excluding carboxylic acids is 1. The third-order valence-corrected chi connectivity index (χ3v) is 7.34. The van der Waals surface area contributed by atoms with Gasteiger partial charge in [0.1, 0.15) is 5.82 Å². The summed E-state index contributed by atoms with van der Waals surface area (Å²) in [5, 5.41) is 3.13. The number of halogens is 2. The van der Waals surface area contributed by atoms with Gasteiger partial charge in [0.2, 0.25) is 5.91 Å². The van der Waals surface area contributed by atoms with E-state index in [0.29, 0.717) is 13.1 Å². The molecule has 3 aromatic carbocycles. The number of hydrogen-bond acceptors (Lipinski definition) is 3. The molecule has 1 saturated heterocycles. The largest absolute Gasteiger partial charge is 0.352 e. The molecule has 1 fully saturated rings. The van der Waals surface area contributed by atoms with Crippen molar-refractivity contribution in [3.63, 3.8) is 0 Å². The van der Waals surface area contributed by atoms with Crippen LogP contribution in [0, 0.1) is 5.92 Å². The van der Waals surface area contributed by atoms with Gasteiger partial charge in [-0.05, 0) is 67.4 Å². The van der Waals surface area contributed by atoms with Gasteiger partial charge in [-0.15, -0.1) is 0 Å². The first-order valence-electron chi connectivity index (χ1n) is 11.5. The number of piperidine rings is 1. The summed E-state index contributed by atoms with van der Waals surface area (Å²) in [5.41, 5.74) is 4.26. The molecule has 1 atom stereocenters. The van der Waals surface area contributed by atoms with E-state index in [2.05, 4.69) is 77.0 Å². The van der Waals surface area contributed by atoms with Crippen molar-refractivity contribution in [2.75, 3.05) is 13.1 Å². The van der Waals surface area contributed by atoms with E-state index in [-0.39, 0.29) is 11.8 Å². The van der Waals surface area contributed by atoms with Crippen LogP contribution in [0.3, 0.4) is 0 Å². The molecule has 7 heteroatoms. The standard InChI is InChI=1S/C27H26Br2N4O/c28-21-12-10-19(11-13-21)16-30-27(34)20-5-4-14-32(17-20)18-26-31-24-8-1-2-9-25(24)33(26)23-7-3-6-22(29)15-23/h1-3,6-13,15,20H,4-5,14,16-18H2,(H,30,34)/t20-/m0/s1. The van der Waals surface area contributed by atoms with Crippen LogP contribution in [0.25, 0.3) is 16.7 Å². The predicted molar refractivity (Wildman–Crippen MR) is 143 cm³/mol. The minimum Gasteiger partial charge on any atom is -0.352 e. The second-order valence-electron chi connectivity index (χ2n) is 8.75. The number of carbonyl (C=O) groups is 1. The maximum atomic E-state index is 12.9. The van der Waals surface area contributed by atoms with E-state index < -0.39 is 0 Å². The zero-order chi connectivity index (χ0) is 23.5. The van der Waals surface area contributed by atoms with E-state index in [1.807, 2.05) is 42.5 Å². The number of amides is 1. The monoisotopic (exact) mass is 580 g/mol. The summed E-state index contributed by atoms with van der Waals surface area (Å²) in [6, 6.07) is 24.6. The fourth-order valence-corrected chi connectivity index (χ4v) is 5.29. The summed E-state index contributed by atoms with van der Waals surface area (Å²) in [6.07, 6.45) is 1.93. The fraction of sp³-hybridized carbons (Fsp3) is 0.259. The Morgan fingerprint density at radius 1 is 1.00 bits per heavy atom. The molecule has 174 valence electrons. The van der Waals surface area contributed by atoms with Crippen LogP contribution in [0.4, 0.5) is 0 Å². The summed E-state index contributed by atoms with van der Waals surface area (Å²) in [4.78, 5) is 20.3. The average molecular weight is 582 g/mol. The summed E-state index contributed by atoms with van der Waals surface area (Å²) in [5.74, 6) is 1.12. The molecule has 5 nitrogen and oxygen atoms in total. The highest BCUT2D eigenvalue weighted by Gasteiger charge is 2.27. The number of fused-ring (bicyclic) bond motifs is 1. The first kappa shape index (κ1) is 23.3. The van der Waals surface area contributed by atoms with E-state index in [4.69, 9.17) is 4.98 Å². The molecule has 0 radical (unpaired) electrons. The number of likely N-dealkylation sites (tertiary alicyclic amines) is 1. The van der Waals surface area contributed by atoms with Crippen LogP contribution in [0.15, 0.2) is 81.7 Å². The minimum absolute atomic E-state index is 0.00658. The average Bonchev–Trinajstić information content (AvgIpc) is 3.21. The summed E-state index contributed by atoms with van der Waals surface area (Å²) >= 11 is 7.06. The van der Waals surface area contributed by atoms with E-state index >= 15 is 0 Å². The molecular formula is C27H26Br2N4O. The lowest BCUT2D eigenvalue weighted by Gasteiger charge is -2.31. The molecule has 5 rings (SSSR count). The molecule has 34 heavy (non-hydrogen) atoms. The quantitative estimate of drug-likeness (QED) is 0.300. The summed E-state index contributed by atoms with van der Waals surface area (Å²) in [7, 11) is 0. The Kier molecular flexibility index (Phi) is 7.13. The van der Waals surface area contributed by atoms with Crippen molar-refractivity contribution >= 4 is 48.8 Å². The van der Waals surface area contributed by atoms with Gasteiger partial charge in [0.25, 0.3) is 0 Å². The Labute approximate surface area is 216 Å². The lowest BCUT2D eigenvalue weighted by molar-refractivity contribution is -0.127. The maximum absolute atomic E-state index is 12.9. The van der Waals surface area contributed by atoms with Crippen molar-refractivity contribution in [2.24, 2.45) is 5.92 Å². The summed E-state index contributed by atoms with van der Waals surface area (Å²) in [6.45, 7) is 2.98. The van der Waals surface area contributed by atoms with Crippen molar-refractivity contribution in [1.29, 1.82) is 0 Å². The number of benzene rings is 3. The van der Waals surface area contributed by atoms with Crippen molar-refractivity contribution in [1.82, 2.24) is 19.8 Å². The van der Waals surface area contributed by atoms with E-state index in [1.54, 1.807) is 0 Å². The van der Waals surface area contributed by atoms with Gasteiger partial charge in [-0.1, -0.05) is 62.2 Å². The lowest BCUT2D eigenvalue weighted by atomic mass is 9.97. The van der Waals surface area contributed by atoms with Crippen molar-refractivity contribution in [2.45, 2.75) is 25.9 Å². The molecule has 0 bridgehead atoms. The van der Waals surface area contributed by atoms with Crippen LogP contribution < -0.4 is 5.32 Å². The predicted octanol–water partition coefficient (Wildman–Crippen LogP) is 6.08. The van der Waals surface area contributed by atoms with Crippen molar-refractivity contribution in [3.05, 3.63) is 93.1 Å². The van der Waals surface area contributed by atoms with E-state index in [1.165, 1.54) is 0 Å². The molecule has 1 aliphatic rings. The normalized spacial score (nSPS) is 16.6. The fourth-order valence-electron chi connectivity index (χ4n) is 4.63. The molecular weight excluding hydrogens is 556 g/mol. The van der Waals surface area contributed by atoms with Gasteiger partial charge >= 0.3 is 0 Å². The Bertz CT molecular complexity index is 1300. The highest BCUT2D eigenvalue weighted by molar-refractivity contribution is 9.10. The number of para-hydroxylation sites is 2. The van der Waals surface area contributed by atoms with Gasteiger partial charge in [0.05, 0.1) is 23.5 Å². The second kappa shape index (κ2) is 10.4. The minimum atomic E-state index is -0.00658. The Balaban J connectivity index is 1.31. The SMILES string of the molecule is O=C(NCc1ccc(Br)cc1)[C@H]1CCCN(Cc2nc3ccccc3n2-c2cccc(Br)c2)C1. The molecule has 2 heterocycles. The van der Waals surface area contributed by atoms with E-state index in [0.717, 1.165) is 63.0 Å². The summed E-state index contributed by atoms with van der Waals surface area (Å²) < 4.78 is 4.31. The van der Waals surface area contributed by atoms with Gasteiger partial charge in [-0.3, -0.25) is 14.3 Å². The molecule has 0 aliphatic carbocycles. The number of rotatable bonds is 6. The number of hydrogen-bond donors (Lipinski definition) is 1. The Hall–Kier alpha value is -2.48. The zero-order valence-corrected chi connectivity index (χ0v) is 21.9. The van der Waals surface area contributed by atoms with Crippen molar-refractivity contribution < 1.29 is 4.79 Å². The number of aromatic nitrogens is 2. The maximum Gasteiger partial charge on any atom is 0.224 e. The molecule has 4 aromatic rings. The zero-order valence-electron chi connectivity index (χ0n) is 18.8. The Morgan fingerprint density at radius 2 is 1.82 bits per heavy atom. The van der Waals surface area contributed by atoms with Gasteiger partial charge in [-0.25, -0.2) is 4.98 Å². The van der Waals surface area contributed by atoms with Crippen LogP contribution >= 0.6 is 31.9 Å². The van der Waals surface area contributed by atoms with Crippen LogP contribution in [-0.2, 0) is 17.9 Å². The third kappa shape index (κ3) is 5.27. The number of nitrogens with one attached hydrogen (secondary N) is 1.